The van der Waals surface area contributed by atoms with Crippen molar-refractivity contribution in [1.82, 2.24) is 0 Å². The predicted octanol–water partition coefficient (Wildman–Crippen LogP) is 6.37. The number of nitrogens with one attached hydrogen (secondary N) is 1. The third-order valence-electron chi connectivity index (χ3n) is 3.93. The second-order valence-electron chi connectivity index (χ2n) is 6.64. The van der Waals surface area contributed by atoms with E-state index in [0.717, 1.165) is 5.32 Å². The van der Waals surface area contributed by atoms with Crippen molar-refractivity contribution >= 4 is 11.6 Å². The molecule has 1 aromatic carbocycles. The van der Waals surface area contributed by atoms with Crippen molar-refractivity contribution in [3.63, 3.8) is 0 Å². The summed E-state index contributed by atoms with van der Waals surface area (Å²) in [7, 11) is 0. The molecule has 0 spiro atoms. The number of nitriles is 1. The smallest absolute Gasteiger partial charge is 0.321 e. The van der Waals surface area contributed by atoms with Gasteiger partial charge in [0.15, 0.2) is 0 Å². The Bertz CT molecular complexity index is 1060. The zero-order valence-electron chi connectivity index (χ0n) is 16.9. The Morgan fingerprint density at radius 3 is 1.45 bits per heavy atom. The van der Waals surface area contributed by atoms with Crippen LogP contribution in [-0.2, 0) is 14.3 Å². The molecule has 1 N–H and O–H groups in total. The summed E-state index contributed by atoms with van der Waals surface area (Å²) in [6, 6.07) is 3.75. The molecule has 0 unspecified atom stereocenters. The average molecular weight is 596 g/mol. The maximum atomic E-state index is 14.4. The van der Waals surface area contributed by atoms with Gasteiger partial charge >= 0.3 is 48.4 Å². The van der Waals surface area contributed by atoms with Crippen LogP contribution >= 0.6 is 0 Å². The highest BCUT2D eigenvalue weighted by atomic mass is 19.4. The molecule has 1 rings (SSSR count). The summed E-state index contributed by atoms with van der Waals surface area (Å²) >= 11 is 0. The molecule has 1 amide bonds. The Morgan fingerprint density at radius 1 is 0.658 bits per heavy atom. The Morgan fingerprint density at radius 2 is 1.11 bits per heavy atom. The summed E-state index contributed by atoms with van der Waals surface area (Å²) < 4.78 is 226. The minimum Gasteiger partial charge on any atom is -0.321 e. The normalized spacial score (nSPS) is 17.3. The Kier molecular flexibility index (Phi) is 8.31. The SMILES string of the molecule is N#Cc1ccc(NC(=O)[C@](F)(OC(F)(F)[C@@](F)(OC(F)(F)C(F)(F)C(F)(F)F)C(F)(F)F)C(F)(F)F)cc1. The summed E-state index contributed by atoms with van der Waals surface area (Å²) in [5, 5.41) is 9.32. The average Bonchev–Trinajstić information content (AvgIpc) is 2.70. The lowest BCUT2D eigenvalue weighted by atomic mass is 10.2. The molecule has 0 heterocycles. The van der Waals surface area contributed by atoms with Crippen LogP contribution < -0.4 is 5.32 Å². The van der Waals surface area contributed by atoms with Crippen LogP contribution in [0.3, 0.4) is 0 Å². The molecule has 2 atom stereocenters. The summed E-state index contributed by atoms with van der Waals surface area (Å²) in [5.41, 5.74) is -1.31. The number of carbonyl (C=O) groups excluding carboxylic acids is 1. The molecule has 0 aliphatic rings. The Hall–Kier alpha value is -3.09. The second-order valence-corrected chi connectivity index (χ2v) is 6.64. The topological polar surface area (TPSA) is 71.4 Å². The van der Waals surface area contributed by atoms with E-state index in [9.17, 15) is 79.4 Å². The number of nitrogens with zero attached hydrogens (tertiary/aromatic N) is 1. The highest BCUT2D eigenvalue weighted by molar-refractivity contribution is 5.96. The molecule has 0 aliphatic heterocycles. The van der Waals surface area contributed by atoms with Crippen molar-refractivity contribution in [1.29, 1.82) is 5.26 Å². The fourth-order valence-electron chi connectivity index (χ4n) is 2.00. The Balaban J connectivity index is 3.61. The zero-order valence-corrected chi connectivity index (χ0v) is 16.9. The van der Waals surface area contributed by atoms with Crippen LogP contribution in [0.2, 0.25) is 0 Å². The van der Waals surface area contributed by atoms with Crippen LogP contribution in [0.4, 0.5) is 80.3 Å². The van der Waals surface area contributed by atoms with Gasteiger partial charge in [0, 0.05) is 5.69 Å². The molecule has 0 saturated heterocycles. The summed E-state index contributed by atoms with van der Waals surface area (Å²) in [6.45, 7) is 0. The molecule has 0 fully saturated rings. The maximum Gasteiger partial charge on any atom is 0.462 e. The third kappa shape index (κ3) is 5.82. The first-order chi connectivity index (χ1) is 16.6. The van der Waals surface area contributed by atoms with Crippen LogP contribution in [0.5, 0.6) is 0 Å². The largest absolute Gasteiger partial charge is 0.462 e. The molecule has 22 heteroatoms. The molecular formula is C16H5F17N2O3. The number of carbonyl (C=O) groups is 1. The van der Waals surface area contributed by atoms with Crippen molar-refractivity contribution in [2.24, 2.45) is 0 Å². The highest BCUT2D eigenvalue weighted by Gasteiger charge is 2.85. The fourth-order valence-corrected chi connectivity index (χ4v) is 2.00. The molecule has 38 heavy (non-hydrogen) atoms. The first-order valence-electron chi connectivity index (χ1n) is 8.53. The second kappa shape index (κ2) is 9.58. The van der Waals surface area contributed by atoms with E-state index in [0.29, 0.717) is 24.3 Å². The van der Waals surface area contributed by atoms with Crippen LogP contribution in [0, 0.1) is 11.3 Å². The minimum absolute atomic E-state index is 0.283. The predicted molar refractivity (Wildman–Crippen MR) is 82.6 cm³/mol. The molecule has 5 nitrogen and oxygen atoms in total. The first-order valence-corrected chi connectivity index (χ1v) is 8.53. The molecule has 0 bridgehead atoms. The van der Waals surface area contributed by atoms with E-state index < -0.39 is 60.0 Å². The lowest BCUT2D eigenvalue weighted by molar-refractivity contribution is -0.548. The van der Waals surface area contributed by atoms with Gasteiger partial charge in [-0.25, -0.2) is 0 Å². The van der Waals surface area contributed by atoms with Gasteiger partial charge in [0.1, 0.15) is 0 Å². The number of alkyl halides is 17. The van der Waals surface area contributed by atoms with Gasteiger partial charge in [-0.2, -0.15) is 79.9 Å². The van der Waals surface area contributed by atoms with Gasteiger partial charge in [0.25, 0.3) is 5.91 Å². The number of amides is 1. The summed E-state index contributed by atoms with van der Waals surface area (Å²) in [6.07, 6.45) is -38.7. The van der Waals surface area contributed by atoms with Crippen molar-refractivity contribution < 1.29 is 88.9 Å². The van der Waals surface area contributed by atoms with E-state index in [1.54, 1.807) is 0 Å². The van der Waals surface area contributed by atoms with Gasteiger partial charge in [0.05, 0.1) is 11.6 Å². The number of anilines is 1. The molecular weight excluding hydrogens is 591 g/mol. The van der Waals surface area contributed by atoms with Crippen molar-refractivity contribution in [3.05, 3.63) is 29.8 Å². The highest BCUT2D eigenvalue weighted by Crippen LogP contribution is 2.56. The van der Waals surface area contributed by atoms with Crippen molar-refractivity contribution in [3.8, 4) is 6.07 Å². The number of halogens is 17. The molecule has 216 valence electrons. The minimum atomic E-state index is -8.09. The van der Waals surface area contributed by atoms with Gasteiger partial charge < -0.3 is 5.32 Å². The van der Waals surface area contributed by atoms with Crippen LogP contribution in [0.1, 0.15) is 5.56 Å². The zero-order chi connectivity index (χ0) is 30.4. The van der Waals surface area contributed by atoms with E-state index >= 15 is 0 Å². The first kappa shape index (κ1) is 32.9. The fraction of sp³-hybridized carbons (Fsp3) is 0.500. The van der Waals surface area contributed by atoms with Gasteiger partial charge in [-0.3, -0.25) is 14.3 Å². The molecule has 0 radical (unpaired) electrons. The monoisotopic (exact) mass is 596 g/mol. The number of ether oxygens (including phenoxy) is 2. The van der Waals surface area contributed by atoms with Gasteiger partial charge in [-0.15, -0.1) is 0 Å². The lowest BCUT2D eigenvalue weighted by Crippen LogP contribution is -2.68. The Labute approximate surface area is 196 Å². The van der Waals surface area contributed by atoms with E-state index in [4.69, 9.17) is 5.26 Å². The van der Waals surface area contributed by atoms with Crippen LogP contribution in [0.15, 0.2) is 24.3 Å². The quantitative estimate of drug-likeness (QED) is 0.355. The van der Waals surface area contributed by atoms with E-state index in [1.807, 2.05) is 4.74 Å². The number of rotatable bonds is 8. The molecule has 0 saturated carbocycles. The number of benzene rings is 1. The number of hydrogen-bond donors (Lipinski definition) is 1. The number of hydrogen-bond acceptors (Lipinski definition) is 4. The van der Waals surface area contributed by atoms with Crippen LogP contribution in [-0.4, -0.2) is 54.3 Å². The molecule has 0 aliphatic carbocycles. The lowest BCUT2D eigenvalue weighted by Gasteiger charge is -2.40. The summed E-state index contributed by atoms with van der Waals surface area (Å²) in [5.74, 6) is -26.4. The third-order valence-corrected chi connectivity index (χ3v) is 3.93. The van der Waals surface area contributed by atoms with E-state index in [-0.39, 0.29) is 5.56 Å². The molecule has 1 aromatic rings. The van der Waals surface area contributed by atoms with Gasteiger partial charge in [-0.05, 0) is 24.3 Å². The van der Waals surface area contributed by atoms with E-state index in [1.165, 1.54) is 10.8 Å². The standard InChI is InChI=1S/C16H5F17N2O3/c17-9(12(21,22)23,8(36)35-7-3-1-6(5-34)2-4-7)37-16(32,33)11(20,14(27,28)29)38-15(30,31)10(18,19)13(24,25)26/h1-4H,(H,35,36)/t9-,11-/m0/s1. The summed E-state index contributed by atoms with van der Waals surface area (Å²) in [4.78, 5) is 11.7. The molecule has 0 aromatic heterocycles. The van der Waals surface area contributed by atoms with Crippen LogP contribution in [0.25, 0.3) is 0 Å². The van der Waals surface area contributed by atoms with E-state index in [2.05, 4.69) is 0 Å². The van der Waals surface area contributed by atoms with Gasteiger partial charge in [-0.1, -0.05) is 0 Å². The van der Waals surface area contributed by atoms with Crippen molar-refractivity contribution in [2.75, 3.05) is 5.32 Å². The maximum absolute atomic E-state index is 14.4. The van der Waals surface area contributed by atoms with Gasteiger partial charge in [0.2, 0.25) is 0 Å². The van der Waals surface area contributed by atoms with Crippen molar-refractivity contribution in [2.45, 2.75) is 48.4 Å².